The summed E-state index contributed by atoms with van der Waals surface area (Å²) in [4.78, 5) is 33.8. The fourth-order valence-corrected chi connectivity index (χ4v) is 3.08. The van der Waals surface area contributed by atoms with Gasteiger partial charge in [-0.05, 0) is 30.7 Å². The minimum absolute atomic E-state index is 0.142. The Morgan fingerprint density at radius 1 is 1.26 bits per heavy atom. The number of β-amino-alcohol motifs (C(OH)–C–C–N with tert-alkyl or cyclic N) is 1. The maximum atomic E-state index is 11.5. The summed E-state index contributed by atoms with van der Waals surface area (Å²) in [5.74, 6) is 1.22. The van der Waals surface area contributed by atoms with E-state index in [4.69, 9.17) is 22.1 Å². The molecule has 0 spiro atoms. The molecule has 1 fully saturated rings. The largest absolute Gasteiger partial charge is 0.390 e. The Balaban J connectivity index is 0.000000203. The highest BCUT2D eigenvalue weighted by molar-refractivity contribution is 6.30. The van der Waals surface area contributed by atoms with Gasteiger partial charge in [-0.25, -0.2) is 9.97 Å². The smallest absolute Gasteiger partial charge is 0.261 e. The van der Waals surface area contributed by atoms with E-state index in [0.29, 0.717) is 17.3 Å². The van der Waals surface area contributed by atoms with Crippen molar-refractivity contribution >= 4 is 41.4 Å². The third kappa shape index (κ3) is 9.28. The molecule has 2 aromatic heterocycles. The average molecular weight is 500 g/mol. The fourth-order valence-electron chi connectivity index (χ4n) is 2.97. The minimum Gasteiger partial charge on any atom is -0.390 e. The number of pyridine rings is 1. The van der Waals surface area contributed by atoms with Gasteiger partial charge >= 0.3 is 0 Å². The highest BCUT2D eigenvalue weighted by atomic mass is 35.5. The molecule has 3 heterocycles. The molecule has 0 unspecified atom stereocenters. The number of anilines is 3. The van der Waals surface area contributed by atoms with Gasteiger partial charge in [-0.3, -0.25) is 9.69 Å². The zero-order valence-electron chi connectivity index (χ0n) is 19.7. The number of rotatable bonds is 7. The molecular formula is C24H30ClN7O3. The van der Waals surface area contributed by atoms with Crippen LogP contribution in [-0.2, 0) is 4.79 Å². The van der Waals surface area contributed by atoms with E-state index in [1.807, 2.05) is 44.3 Å². The molecule has 0 saturated carbocycles. The summed E-state index contributed by atoms with van der Waals surface area (Å²) in [7, 11) is 1.82. The van der Waals surface area contributed by atoms with Crippen LogP contribution in [0.3, 0.4) is 0 Å². The number of aromatic amines is 1. The normalized spacial score (nSPS) is 12.7. The van der Waals surface area contributed by atoms with Crippen LogP contribution in [0, 0.1) is 12.3 Å². The number of carbonyl (C=O) groups is 1. The summed E-state index contributed by atoms with van der Waals surface area (Å²) < 4.78 is 0. The number of para-hydroxylation sites is 1. The highest BCUT2D eigenvalue weighted by Gasteiger charge is 2.22. The van der Waals surface area contributed by atoms with Gasteiger partial charge in [0.25, 0.3) is 5.56 Å². The van der Waals surface area contributed by atoms with Gasteiger partial charge in [-0.15, -0.1) is 0 Å². The van der Waals surface area contributed by atoms with E-state index in [-0.39, 0.29) is 17.2 Å². The third-order valence-corrected chi connectivity index (χ3v) is 5.14. The van der Waals surface area contributed by atoms with E-state index in [9.17, 15) is 9.59 Å². The second-order valence-corrected chi connectivity index (χ2v) is 8.00. The standard InChI is InChI=1S/C12H12N4O.C6H7ClN2.C6H11NO2/c1-8-4-2-3-5-10(8)16-11-9(6-13)12(17)15-7-14-11;1-8-6-3-2-5(7)4-9-6;8-3-1-2-7-4-6(9)5-7/h2-7,13H,1H3,(H2,14,15,16,17);2-4H,1H3,(H,8,9);3,6,9H,1-2,4-5H2. The first-order valence-electron chi connectivity index (χ1n) is 10.9. The summed E-state index contributed by atoms with van der Waals surface area (Å²) >= 11 is 5.58. The molecule has 1 saturated heterocycles. The molecule has 1 aliphatic heterocycles. The van der Waals surface area contributed by atoms with Crippen molar-refractivity contribution in [3.63, 3.8) is 0 Å². The zero-order valence-corrected chi connectivity index (χ0v) is 20.4. The van der Waals surface area contributed by atoms with E-state index < -0.39 is 0 Å². The zero-order chi connectivity index (χ0) is 25.6. The third-order valence-electron chi connectivity index (χ3n) is 4.92. The topological polar surface area (TPSA) is 147 Å². The first-order valence-corrected chi connectivity index (χ1v) is 11.3. The van der Waals surface area contributed by atoms with Crippen LogP contribution < -0.4 is 16.2 Å². The molecule has 4 rings (SSSR count). The predicted octanol–water partition coefficient (Wildman–Crippen LogP) is 2.85. The number of carbonyl (C=O) groups excluding carboxylic acids is 1. The fraction of sp³-hybridized carbons (Fsp3) is 0.292. The molecule has 1 aromatic carbocycles. The summed E-state index contributed by atoms with van der Waals surface area (Å²) in [5.41, 5.74) is 1.81. The van der Waals surface area contributed by atoms with Gasteiger partial charge in [0.2, 0.25) is 0 Å². The summed E-state index contributed by atoms with van der Waals surface area (Å²) in [5, 5.41) is 22.6. The summed E-state index contributed by atoms with van der Waals surface area (Å²) in [6, 6.07) is 11.3. The van der Waals surface area contributed by atoms with Crippen LogP contribution in [0.2, 0.25) is 5.02 Å². The summed E-state index contributed by atoms with van der Waals surface area (Å²) in [6.07, 6.45) is 5.27. The van der Waals surface area contributed by atoms with Crippen molar-refractivity contribution in [2.75, 3.05) is 37.3 Å². The molecule has 5 N–H and O–H groups in total. The number of aliphatic hydroxyl groups is 1. The van der Waals surface area contributed by atoms with Crippen molar-refractivity contribution in [3.05, 3.63) is 75.4 Å². The monoisotopic (exact) mass is 499 g/mol. The molecule has 186 valence electrons. The Labute approximate surface area is 208 Å². The van der Waals surface area contributed by atoms with Gasteiger partial charge in [-0.1, -0.05) is 29.8 Å². The second kappa shape index (κ2) is 14.6. The van der Waals surface area contributed by atoms with E-state index in [0.717, 1.165) is 49.2 Å². The number of hydrogen-bond acceptors (Lipinski definition) is 9. The Morgan fingerprint density at radius 3 is 2.57 bits per heavy atom. The van der Waals surface area contributed by atoms with Crippen LogP contribution in [0.15, 0.2) is 53.7 Å². The van der Waals surface area contributed by atoms with Crippen LogP contribution in [0.25, 0.3) is 0 Å². The number of aromatic nitrogens is 3. The lowest BCUT2D eigenvalue weighted by molar-refractivity contribution is -0.108. The van der Waals surface area contributed by atoms with Crippen LogP contribution in [0.1, 0.15) is 17.5 Å². The van der Waals surface area contributed by atoms with E-state index >= 15 is 0 Å². The van der Waals surface area contributed by atoms with Crippen molar-refractivity contribution < 1.29 is 9.90 Å². The van der Waals surface area contributed by atoms with Crippen LogP contribution >= 0.6 is 11.6 Å². The Hall–Kier alpha value is -3.60. The van der Waals surface area contributed by atoms with Crippen molar-refractivity contribution in [1.29, 1.82) is 5.41 Å². The van der Waals surface area contributed by atoms with Crippen molar-refractivity contribution in [3.8, 4) is 0 Å². The van der Waals surface area contributed by atoms with Crippen molar-refractivity contribution in [1.82, 2.24) is 19.9 Å². The second-order valence-electron chi connectivity index (χ2n) is 7.56. The predicted molar refractivity (Wildman–Crippen MR) is 139 cm³/mol. The lowest BCUT2D eigenvalue weighted by Crippen LogP contribution is -2.50. The summed E-state index contributed by atoms with van der Waals surface area (Å²) in [6.45, 7) is 4.25. The number of aldehydes is 1. The molecule has 10 nitrogen and oxygen atoms in total. The number of hydrogen-bond donors (Lipinski definition) is 5. The van der Waals surface area contributed by atoms with Gasteiger partial charge in [0.15, 0.2) is 0 Å². The number of likely N-dealkylation sites (tertiary alicyclic amines) is 1. The SMILES string of the molecule is CNc1ccc(Cl)cn1.Cc1ccccc1Nc1nc[nH]c(=O)c1C=N.O=CCCN1CC(O)C1. The van der Waals surface area contributed by atoms with Gasteiger partial charge in [-0.2, -0.15) is 0 Å². The quantitative estimate of drug-likeness (QED) is 0.246. The van der Waals surface area contributed by atoms with Gasteiger partial charge in [0.1, 0.15) is 17.9 Å². The first kappa shape index (κ1) is 27.6. The molecule has 35 heavy (non-hydrogen) atoms. The number of aryl methyl sites for hydroxylation is 1. The maximum Gasteiger partial charge on any atom is 0.261 e. The number of nitrogens with one attached hydrogen (secondary N) is 4. The van der Waals surface area contributed by atoms with Crippen LogP contribution in [-0.4, -0.2) is 70.2 Å². The highest BCUT2D eigenvalue weighted by Crippen LogP contribution is 2.18. The molecule has 0 bridgehead atoms. The van der Waals surface area contributed by atoms with Crippen LogP contribution in [0.4, 0.5) is 17.3 Å². The van der Waals surface area contributed by atoms with E-state index in [1.165, 1.54) is 6.33 Å². The van der Waals surface area contributed by atoms with E-state index in [2.05, 4.69) is 30.5 Å². The molecule has 0 aliphatic carbocycles. The minimum atomic E-state index is -0.328. The number of halogens is 1. The molecule has 0 radical (unpaired) electrons. The molecule has 1 aliphatic rings. The lowest BCUT2D eigenvalue weighted by Gasteiger charge is -2.35. The number of nitrogens with zero attached hydrogens (tertiary/aromatic N) is 3. The Kier molecular flexibility index (Phi) is 11.5. The first-order chi connectivity index (χ1) is 16.9. The Morgan fingerprint density at radius 2 is 2.00 bits per heavy atom. The van der Waals surface area contributed by atoms with Crippen molar-refractivity contribution in [2.24, 2.45) is 0 Å². The van der Waals surface area contributed by atoms with Gasteiger partial charge in [0.05, 0.1) is 23.0 Å². The molecule has 0 amide bonds. The van der Waals surface area contributed by atoms with Crippen molar-refractivity contribution in [2.45, 2.75) is 19.4 Å². The number of aliphatic hydroxyl groups excluding tert-OH is 1. The van der Waals surface area contributed by atoms with Crippen LogP contribution in [0.5, 0.6) is 0 Å². The van der Waals surface area contributed by atoms with Gasteiger partial charge < -0.3 is 30.9 Å². The molecule has 11 heteroatoms. The molecular weight excluding hydrogens is 470 g/mol. The number of H-pyrrole nitrogens is 1. The number of benzene rings is 1. The van der Waals surface area contributed by atoms with E-state index in [1.54, 1.807) is 12.3 Å². The lowest BCUT2D eigenvalue weighted by atomic mass is 10.2. The molecule has 0 atom stereocenters. The Bertz CT molecular complexity index is 1130. The maximum absolute atomic E-state index is 11.5. The van der Waals surface area contributed by atoms with Gasteiger partial charge in [0, 0.05) is 51.2 Å². The molecule has 3 aromatic rings. The average Bonchev–Trinajstić information content (AvgIpc) is 2.84.